The minimum absolute atomic E-state index is 0.120. The van der Waals surface area contributed by atoms with Crippen molar-refractivity contribution in [3.63, 3.8) is 0 Å². The molecule has 1 aromatic heterocycles. The first kappa shape index (κ1) is 9.68. The second-order valence-electron chi connectivity index (χ2n) is 3.04. The first-order chi connectivity index (χ1) is 5.74. The smallest absolute Gasteiger partial charge is 0.110 e. The van der Waals surface area contributed by atoms with E-state index in [0.717, 1.165) is 4.88 Å². The summed E-state index contributed by atoms with van der Waals surface area (Å²) in [6, 6.07) is 4.12. The number of rotatable bonds is 4. The van der Waals surface area contributed by atoms with E-state index < -0.39 is 0 Å². The van der Waals surface area contributed by atoms with E-state index in [4.69, 9.17) is 0 Å². The second-order valence-corrected chi connectivity index (χ2v) is 4.02. The fourth-order valence-electron chi connectivity index (χ4n) is 1.09. The van der Waals surface area contributed by atoms with Gasteiger partial charge >= 0.3 is 0 Å². The van der Waals surface area contributed by atoms with Crippen molar-refractivity contribution in [3.05, 3.63) is 22.4 Å². The van der Waals surface area contributed by atoms with Gasteiger partial charge in [-0.1, -0.05) is 19.9 Å². The summed E-state index contributed by atoms with van der Waals surface area (Å²) >= 11 is 1.60. The standard InChI is InChI=1S/C9H14FNS/c1-7(2)11-8(6-10)9-4-3-5-12-9/h3-5,7-8,11H,6H2,1-2H3. The van der Waals surface area contributed by atoms with Crippen molar-refractivity contribution in [2.75, 3.05) is 6.67 Å². The van der Waals surface area contributed by atoms with Crippen molar-refractivity contribution in [1.29, 1.82) is 0 Å². The van der Waals surface area contributed by atoms with Gasteiger partial charge in [0.15, 0.2) is 0 Å². The molecule has 0 amide bonds. The normalized spacial score (nSPS) is 13.7. The van der Waals surface area contributed by atoms with Crippen LogP contribution in [0.2, 0.25) is 0 Å². The van der Waals surface area contributed by atoms with Crippen molar-refractivity contribution < 1.29 is 4.39 Å². The third kappa shape index (κ3) is 2.57. The molecule has 0 aromatic carbocycles. The number of hydrogen-bond acceptors (Lipinski definition) is 2. The lowest BCUT2D eigenvalue weighted by Crippen LogP contribution is -2.28. The van der Waals surface area contributed by atoms with Crippen LogP contribution in [0.4, 0.5) is 4.39 Å². The number of thiophene rings is 1. The molecule has 1 aromatic rings. The fraction of sp³-hybridized carbons (Fsp3) is 0.556. The van der Waals surface area contributed by atoms with Gasteiger partial charge < -0.3 is 5.32 Å². The molecule has 68 valence electrons. The summed E-state index contributed by atoms with van der Waals surface area (Å²) in [5.41, 5.74) is 0. The largest absolute Gasteiger partial charge is 0.305 e. The molecule has 0 saturated heterocycles. The van der Waals surface area contributed by atoms with Crippen LogP contribution in [-0.2, 0) is 0 Å². The van der Waals surface area contributed by atoms with E-state index in [9.17, 15) is 4.39 Å². The molecule has 0 aliphatic heterocycles. The minimum atomic E-state index is -0.335. The van der Waals surface area contributed by atoms with E-state index in [1.807, 2.05) is 31.4 Å². The Hall–Kier alpha value is -0.410. The van der Waals surface area contributed by atoms with Gasteiger partial charge in [-0.2, -0.15) is 0 Å². The fourth-order valence-corrected chi connectivity index (χ4v) is 1.86. The number of halogens is 1. The zero-order valence-corrected chi connectivity index (χ0v) is 8.20. The summed E-state index contributed by atoms with van der Waals surface area (Å²) in [7, 11) is 0. The Bertz CT molecular complexity index is 208. The molecule has 0 aliphatic rings. The zero-order valence-electron chi connectivity index (χ0n) is 7.38. The van der Waals surface area contributed by atoms with Crippen LogP contribution in [0.3, 0.4) is 0 Å². The van der Waals surface area contributed by atoms with Crippen molar-refractivity contribution in [3.8, 4) is 0 Å². The van der Waals surface area contributed by atoms with Crippen LogP contribution < -0.4 is 5.32 Å². The highest BCUT2D eigenvalue weighted by molar-refractivity contribution is 7.10. The highest BCUT2D eigenvalue weighted by Gasteiger charge is 2.12. The van der Waals surface area contributed by atoms with Crippen molar-refractivity contribution in [1.82, 2.24) is 5.32 Å². The third-order valence-electron chi connectivity index (χ3n) is 1.58. The van der Waals surface area contributed by atoms with Crippen molar-refractivity contribution in [2.45, 2.75) is 25.9 Å². The van der Waals surface area contributed by atoms with Gasteiger partial charge in [-0.3, -0.25) is 0 Å². The van der Waals surface area contributed by atoms with Gasteiger partial charge in [0.25, 0.3) is 0 Å². The molecule has 1 heterocycles. The van der Waals surface area contributed by atoms with Gasteiger partial charge in [0, 0.05) is 10.9 Å². The topological polar surface area (TPSA) is 12.0 Å². The van der Waals surface area contributed by atoms with Crippen LogP contribution in [0.5, 0.6) is 0 Å². The van der Waals surface area contributed by atoms with E-state index >= 15 is 0 Å². The number of hydrogen-bond donors (Lipinski definition) is 1. The highest BCUT2D eigenvalue weighted by Crippen LogP contribution is 2.19. The SMILES string of the molecule is CC(C)NC(CF)c1cccs1. The molecule has 0 saturated carbocycles. The maximum atomic E-state index is 12.5. The summed E-state index contributed by atoms with van der Waals surface area (Å²) in [6.07, 6.45) is 0. The molecule has 3 heteroatoms. The molecule has 1 rings (SSSR count). The molecule has 1 N–H and O–H groups in total. The van der Waals surface area contributed by atoms with Crippen molar-refractivity contribution in [2.24, 2.45) is 0 Å². The molecule has 12 heavy (non-hydrogen) atoms. The van der Waals surface area contributed by atoms with E-state index in [1.54, 1.807) is 11.3 Å². The van der Waals surface area contributed by atoms with Gasteiger partial charge in [0.2, 0.25) is 0 Å². The molecule has 1 nitrogen and oxygen atoms in total. The molecule has 1 atom stereocenters. The first-order valence-corrected chi connectivity index (χ1v) is 4.97. The molecular formula is C9H14FNS. The van der Waals surface area contributed by atoms with Gasteiger partial charge in [-0.15, -0.1) is 11.3 Å². The molecule has 0 radical (unpaired) electrons. The summed E-state index contributed by atoms with van der Waals surface area (Å²) in [4.78, 5) is 1.08. The van der Waals surface area contributed by atoms with Crippen molar-refractivity contribution >= 4 is 11.3 Å². The van der Waals surface area contributed by atoms with Gasteiger partial charge in [-0.05, 0) is 11.4 Å². The van der Waals surface area contributed by atoms with Crippen LogP contribution in [-0.4, -0.2) is 12.7 Å². The van der Waals surface area contributed by atoms with E-state index in [2.05, 4.69) is 5.32 Å². The lowest BCUT2D eigenvalue weighted by molar-refractivity contribution is 0.365. The molecular weight excluding hydrogens is 173 g/mol. The summed E-state index contributed by atoms with van der Waals surface area (Å²) < 4.78 is 12.5. The predicted octanol–water partition coefficient (Wildman–Crippen LogP) is 2.76. The monoisotopic (exact) mass is 187 g/mol. The van der Waals surface area contributed by atoms with E-state index in [0.29, 0.717) is 6.04 Å². The average molecular weight is 187 g/mol. The average Bonchev–Trinajstić information content (AvgIpc) is 2.51. The predicted molar refractivity (Wildman–Crippen MR) is 51.3 cm³/mol. The molecule has 0 bridgehead atoms. The van der Waals surface area contributed by atoms with Gasteiger partial charge in [-0.25, -0.2) is 4.39 Å². The molecule has 0 aliphatic carbocycles. The van der Waals surface area contributed by atoms with Gasteiger partial charge in [0.1, 0.15) is 6.67 Å². The minimum Gasteiger partial charge on any atom is -0.305 e. The van der Waals surface area contributed by atoms with E-state index in [-0.39, 0.29) is 12.7 Å². The maximum Gasteiger partial charge on any atom is 0.110 e. The summed E-state index contributed by atoms with van der Waals surface area (Å²) in [5.74, 6) is 0. The van der Waals surface area contributed by atoms with Crippen LogP contribution in [0.1, 0.15) is 24.8 Å². The Morgan fingerprint density at radius 1 is 1.58 bits per heavy atom. The Balaban J connectivity index is 2.57. The van der Waals surface area contributed by atoms with Crippen LogP contribution in [0, 0.1) is 0 Å². The Labute approximate surface area is 76.6 Å². The zero-order chi connectivity index (χ0) is 8.97. The highest BCUT2D eigenvalue weighted by atomic mass is 32.1. The molecule has 0 spiro atoms. The van der Waals surface area contributed by atoms with E-state index in [1.165, 1.54) is 0 Å². The molecule has 0 fully saturated rings. The second kappa shape index (κ2) is 4.58. The number of alkyl halides is 1. The van der Waals surface area contributed by atoms with Crippen LogP contribution in [0.25, 0.3) is 0 Å². The van der Waals surface area contributed by atoms with Crippen LogP contribution in [0.15, 0.2) is 17.5 Å². The Morgan fingerprint density at radius 3 is 2.75 bits per heavy atom. The molecule has 1 unspecified atom stereocenters. The third-order valence-corrected chi connectivity index (χ3v) is 2.56. The summed E-state index contributed by atoms with van der Waals surface area (Å²) in [6.45, 7) is 3.71. The first-order valence-electron chi connectivity index (χ1n) is 4.09. The number of nitrogens with one attached hydrogen (secondary N) is 1. The lowest BCUT2D eigenvalue weighted by Gasteiger charge is -2.16. The maximum absolute atomic E-state index is 12.5. The lowest BCUT2D eigenvalue weighted by atomic mass is 10.2. The quantitative estimate of drug-likeness (QED) is 0.764. The summed E-state index contributed by atoms with van der Waals surface area (Å²) in [5, 5.41) is 5.14. The Kier molecular flexibility index (Phi) is 3.69. The van der Waals surface area contributed by atoms with Crippen LogP contribution >= 0.6 is 11.3 Å². The van der Waals surface area contributed by atoms with Gasteiger partial charge in [0.05, 0.1) is 6.04 Å². The Morgan fingerprint density at radius 2 is 2.33 bits per heavy atom.